The van der Waals surface area contributed by atoms with Gasteiger partial charge in [-0.2, -0.15) is 0 Å². The van der Waals surface area contributed by atoms with Crippen molar-refractivity contribution in [3.05, 3.63) is 96.6 Å². The van der Waals surface area contributed by atoms with Crippen molar-refractivity contribution in [3.63, 3.8) is 0 Å². The predicted molar refractivity (Wildman–Crippen MR) is 98.8 cm³/mol. The molecule has 0 atom stereocenters. The van der Waals surface area contributed by atoms with Gasteiger partial charge in [0.05, 0.1) is 0 Å². The quantitative estimate of drug-likeness (QED) is 0.421. The Balaban J connectivity index is 1.84. The predicted octanol–water partition coefficient (Wildman–Crippen LogP) is 2.06. The molecule has 0 N–H and O–H groups in total. The van der Waals surface area contributed by atoms with E-state index in [9.17, 15) is 0 Å². The average molecular weight is 342 g/mol. The molecule has 0 fully saturated rings. The van der Waals surface area contributed by atoms with E-state index in [1.54, 1.807) is 14.5 Å². The minimum absolute atomic E-state index is 0.492. The maximum atomic E-state index is 4.65. The van der Waals surface area contributed by atoms with Gasteiger partial charge in [0, 0.05) is 17.9 Å². The third-order valence-corrected chi connectivity index (χ3v) is 3.90. The Morgan fingerprint density at radius 2 is 1.42 bits per heavy atom. The fourth-order valence-corrected chi connectivity index (χ4v) is 2.58. The number of aromatic nitrogens is 4. The van der Waals surface area contributed by atoms with Crippen LogP contribution in [0.4, 0.5) is 5.69 Å². The summed E-state index contributed by atoms with van der Waals surface area (Å²) >= 11 is 0. The molecule has 6 nitrogen and oxygen atoms in total. The second-order valence-electron chi connectivity index (χ2n) is 5.72. The van der Waals surface area contributed by atoms with Crippen LogP contribution in [0.3, 0.4) is 0 Å². The van der Waals surface area contributed by atoms with Gasteiger partial charge in [0.1, 0.15) is 5.69 Å². The van der Waals surface area contributed by atoms with Gasteiger partial charge in [0.15, 0.2) is 5.69 Å². The lowest BCUT2D eigenvalue weighted by molar-refractivity contribution is -0.723. The molecule has 0 spiro atoms. The second kappa shape index (κ2) is 7.06. The van der Waals surface area contributed by atoms with Crippen molar-refractivity contribution in [3.8, 4) is 11.4 Å². The Bertz CT molecular complexity index is 1040. The van der Waals surface area contributed by atoms with Crippen LogP contribution in [0, 0.1) is 0 Å². The van der Waals surface area contributed by atoms with Gasteiger partial charge in [-0.3, -0.25) is 0 Å². The third-order valence-electron chi connectivity index (χ3n) is 3.90. The minimum Gasteiger partial charge on any atom is -0.308 e. The van der Waals surface area contributed by atoms with E-state index in [1.807, 2.05) is 98.0 Å². The number of hydrogen-bond acceptors (Lipinski definition) is 3. The van der Waals surface area contributed by atoms with Crippen molar-refractivity contribution in [2.45, 2.75) is 0 Å². The molecule has 0 saturated carbocycles. The van der Waals surface area contributed by atoms with Crippen molar-refractivity contribution in [2.75, 3.05) is 12.1 Å². The summed E-state index contributed by atoms with van der Waals surface area (Å²) in [6.07, 6.45) is 0. The highest BCUT2D eigenvalue weighted by atomic mass is 15.6. The summed E-state index contributed by atoms with van der Waals surface area (Å²) in [5, 5.41) is 15.6. The topological polar surface area (TPSA) is 51.4 Å². The fraction of sp³-hybridized carbons (Fsp3) is 0.0500. The van der Waals surface area contributed by atoms with E-state index in [-0.39, 0.29) is 0 Å². The number of para-hydroxylation sites is 3. The number of hydrogen-bond donors (Lipinski definition) is 0. The molecular weight excluding hydrogens is 324 g/mol. The van der Waals surface area contributed by atoms with Crippen LogP contribution in [0.5, 0.6) is 0 Å². The number of anilines is 1. The van der Waals surface area contributed by atoms with Crippen LogP contribution < -0.4 is 20.5 Å². The number of nitrogens with zero attached hydrogens (tertiary/aromatic N) is 6. The van der Waals surface area contributed by atoms with Gasteiger partial charge in [-0.25, -0.2) is 5.10 Å². The molecule has 3 aromatic carbocycles. The van der Waals surface area contributed by atoms with Crippen LogP contribution in [-0.2, 0) is 0 Å². The Hall–Kier alpha value is -3.67. The third kappa shape index (κ3) is 3.25. The maximum Gasteiger partial charge on any atom is 0.280 e. The van der Waals surface area contributed by atoms with Gasteiger partial charge < -0.3 is 5.01 Å². The Labute approximate surface area is 151 Å². The molecule has 4 rings (SSSR count). The Morgan fingerprint density at radius 3 is 2.08 bits per heavy atom. The molecular formula is C20H18N6. The van der Waals surface area contributed by atoms with Crippen molar-refractivity contribution in [1.29, 1.82) is 0 Å². The van der Waals surface area contributed by atoms with Crippen LogP contribution in [0.2, 0.25) is 0 Å². The number of benzene rings is 3. The van der Waals surface area contributed by atoms with E-state index in [1.165, 1.54) is 0 Å². The number of rotatable bonds is 4. The highest BCUT2D eigenvalue weighted by Crippen LogP contribution is 2.10. The molecule has 1 aromatic heterocycles. The van der Waals surface area contributed by atoms with Crippen molar-refractivity contribution in [2.24, 2.45) is 5.10 Å². The van der Waals surface area contributed by atoms with E-state index >= 15 is 0 Å². The second-order valence-corrected chi connectivity index (χ2v) is 5.72. The van der Waals surface area contributed by atoms with Gasteiger partial charge in [0.2, 0.25) is 0 Å². The molecule has 4 aromatic rings. The molecule has 26 heavy (non-hydrogen) atoms. The molecule has 0 amide bonds. The SMILES string of the molecule is CN(/N=c1\[n-][n+](-c2ccccc2)nn1-c1ccccc1)c1ccccc1. The highest BCUT2D eigenvalue weighted by Gasteiger charge is 2.11. The summed E-state index contributed by atoms with van der Waals surface area (Å²) in [5.74, 6) is 0. The van der Waals surface area contributed by atoms with E-state index in [0.717, 1.165) is 17.1 Å². The van der Waals surface area contributed by atoms with Crippen molar-refractivity contribution >= 4 is 5.69 Å². The molecule has 0 aliphatic rings. The molecule has 1 heterocycles. The first kappa shape index (κ1) is 15.8. The van der Waals surface area contributed by atoms with Gasteiger partial charge >= 0.3 is 0 Å². The zero-order valence-electron chi connectivity index (χ0n) is 14.3. The van der Waals surface area contributed by atoms with Crippen LogP contribution in [0.15, 0.2) is 96.1 Å². The Morgan fingerprint density at radius 1 is 0.846 bits per heavy atom. The summed E-state index contributed by atoms with van der Waals surface area (Å²) in [7, 11) is 1.90. The zero-order chi connectivity index (χ0) is 17.8. The summed E-state index contributed by atoms with van der Waals surface area (Å²) < 4.78 is 1.73. The van der Waals surface area contributed by atoms with Crippen LogP contribution in [-0.4, -0.2) is 16.9 Å². The first-order chi connectivity index (χ1) is 12.8. The maximum absolute atomic E-state index is 4.65. The van der Waals surface area contributed by atoms with E-state index in [4.69, 9.17) is 0 Å². The van der Waals surface area contributed by atoms with E-state index in [2.05, 4.69) is 15.4 Å². The largest absolute Gasteiger partial charge is 0.308 e. The minimum atomic E-state index is 0.492. The van der Waals surface area contributed by atoms with Gasteiger partial charge in [-0.1, -0.05) is 59.4 Å². The Kier molecular flexibility index (Phi) is 4.30. The standard InChI is InChI=1S/C20H18N6/c1-24(17-11-5-2-6-12-17)21-20-22-26(19-15-9-4-10-16-19)23-25(20)18-13-7-3-8-14-18/h2-16H,1H3/b21-20+. The normalized spacial score (nSPS) is 11.5. The van der Waals surface area contributed by atoms with Gasteiger partial charge in [-0.15, -0.1) is 9.78 Å². The summed E-state index contributed by atoms with van der Waals surface area (Å²) in [4.78, 5) is 1.59. The molecule has 0 saturated heterocycles. The molecule has 0 aliphatic heterocycles. The highest BCUT2D eigenvalue weighted by molar-refractivity contribution is 5.43. The average Bonchev–Trinajstić information content (AvgIpc) is 3.14. The molecule has 0 unspecified atom stereocenters. The number of tetrazole rings is 1. The van der Waals surface area contributed by atoms with E-state index in [0.29, 0.717) is 5.62 Å². The summed E-state index contributed by atoms with van der Waals surface area (Å²) in [6.45, 7) is 0. The first-order valence-electron chi connectivity index (χ1n) is 8.32. The smallest absolute Gasteiger partial charge is 0.280 e. The molecule has 0 aliphatic carbocycles. The monoisotopic (exact) mass is 342 g/mol. The van der Waals surface area contributed by atoms with Crippen LogP contribution >= 0.6 is 0 Å². The molecule has 0 radical (unpaired) electrons. The van der Waals surface area contributed by atoms with Gasteiger partial charge in [0.25, 0.3) is 5.62 Å². The van der Waals surface area contributed by atoms with Crippen molar-refractivity contribution in [1.82, 2.24) is 15.0 Å². The first-order valence-corrected chi connectivity index (χ1v) is 8.32. The fourth-order valence-electron chi connectivity index (χ4n) is 2.58. The molecule has 6 heteroatoms. The zero-order valence-corrected chi connectivity index (χ0v) is 14.3. The van der Waals surface area contributed by atoms with Crippen LogP contribution in [0.1, 0.15) is 0 Å². The lowest BCUT2D eigenvalue weighted by atomic mass is 10.3. The summed E-state index contributed by atoms with van der Waals surface area (Å²) in [6, 6.07) is 29.6. The molecule has 0 bridgehead atoms. The summed E-state index contributed by atoms with van der Waals surface area (Å²) in [5.41, 5.74) is 3.24. The van der Waals surface area contributed by atoms with Crippen LogP contribution in [0.25, 0.3) is 11.4 Å². The molecule has 128 valence electrons. The van der Waals surface area contributed by atoms with Crippen molar-refractivity contribution < 1.29 is 4.80 Å². The van der Waals surface area contributed by atoms with Gasteiger partial charge in [-0.05, 0) is 36.4 Å². The van der Waals surface area contributed by atoms with E-state index < -0.39 is 0 Å². The lowest BCUT2D eigenvalue weighted by Crippen LogP contribution is -2.40. The lowest BCUT2D eigenvalue weighted by Gasteiger charge is -2.14.